The van der Waals surface area contributed by atoms with Crippen molar-refractivity contribution in [3.8, 4) is 11.3 Å². The van der Waals surface area contributed by atoms with Crippen molar-refractivity contribution in [2.24, 2.45) is 0 Å². The number of hydrogen-bond acceptors (Lipinski definition) is 4. The Morgan fingerprint density at radius 2 is 1.84 bits per heavy atom. The van der Waals surface area contributed by atoms with Crippen molar-refractivity contribution >= 4 is 45.4 Å². The van der Waals surface area contributed by atoms with Crippen molar-refractivity contribution in [3.05, 3.63) is 72.6 Å². The van der Waals surface area contributed by atoms with Gasteiger partial charge in [0.15, 0.2) is 5.78 Å². The first kappa shape index (κ1) is 25.1. The van der Waals surface area contributed by atoms with E-state index in [-0.39, 0.29) is 31.6 Å². The Hall–Kier alpha value is -2.21. The second-order valence-electron chi connectivity index (χ2n) is 8.27. The van der Waals surface area contributed by atoms with Crippen LogP contribution in [0, 0.1) is 6.07 Å². The molecule has 6 heteroatoms. The minimum absolute atomic E-state index is 0. The quantitative estimate of drug-likeness (QED) is 0.127. The molecule has 4 nitrogen and oxygen atoms in total. The van der Waals surface area contributed by atoms with E-state index in [2.05, 4.69) is 46.5 Å². The third-order valence-electron chi connectivity index (χ3n) is 4.59. The molecular formula is C25H26GeIrNO3-. The summed E-state index contributed by atoms with van der Waals surface area (Å²) in [6, 6.07) is 19.6. The first-order chi connectivity index (χ1) is 14.2. The monoisotopic (exact) mass is 655 g/mol. The molecule has 0 saturated carbocycles. The van der Waals surface area contributed by atoms with Crippen molar-refractivity contribution < 1.29 is 34.4 Å². The molecule has 0 aliphatic heterocycles. The molecule has 1 N–H and O–H groups in total. The number of nitrogens with zero attached hydrogens (tertiary/aromatic N) is 1. The predicted octanol–water partition coefficient (Wildman–Crippen LogP) is 6.03. The molecule has 4 aromatic rings. The fraction of sp³-hybridized carbons (Fsp3) is 0.200. The van der Waals surface area contributed by atoms with E-state index in [1.807, 2.05) is 36.5 Å². The summed E-state index contributed by atoms with van der Waals surface area (Å²) in [5, 5.41) is 10.6. The zero-order chi connectivity index (χ0) is 21.9. The van der Waals surface area contributed by atoms with E-state index in [1.165, 1.54) is 29.7 Å². The number of aliphatic hydroxyl groups excluding tert-OH is 1. The Balaban J connectivity index is 0.000000373. The summed E-state index contributed by atoms with van der Waals surface area (Å²) in [6.45, 7) is 2.85. The summed E-state index contributed by atoms with van der Waals surface area (Å²) in [5.41, 5.74) is 3.84. The van der Waals surface area contributed by atoms with Gasteiger partial charge in [-0.05, 0) is 13.8 Å². The maximum atomic E-state index is 10.0. The number of rotatable bonds is 3. The largest absolute Gasteiger partial charge is 0 e. The molecule has 163 valence electrons. The van der Waals surface area contributed by atoms with E-state index in [9.17, 15) is 4.79 Å². The second-order valence-corrected chi connectivity index (χ2v) is 18.8. The molecule has 31 heavy (non-hydrogen) atoms. The number of fused-ring (bicyclic) bond motifs is 3. The fourth-order valence-electron chi connectivity index (χ4n) is 3.28. The van der Waals surface area contributed by atoms with Crippen LogP contribution < -0.4 is 4.40 Å². The number of ketones is 1. The molecule has 2 heterocycles. The smallest absolute Gasteiger partial charge is 0 e. The number of carbonyl (C=O) groups excluding carboxylic acids is 1. The molecule has 0 saturated heterocycles. The fourth-order valence-corrected chi connectivity index (χ4v) is 6.35. The van der Waals surface area contributed by atoms with Gasteiger partial charge in [-0.25, -0.2) is 0 Å². The van der Waals surface area contributed by atoms with Gasteiger partial charge in [0.25, 0.3) is 0 Å². The number of hydrogen-bond donors (Lipinski definition) is 1. The topological polar surface area (TPSA) is 63.3 Å². The number of aliphatic hydroxyl groups is 1. The van der Waals surface area contributed by atoms with Crippen LogP contribution in [0.5, 0.6) is 0 Å². The normalized spacial score (nSPS) is 11.6. The molecule has 4 rings (SSSR count). The number of benzene rings is 2. The van der Waals surface area contributed by atoms with Crippen LogP contribution in [0.25, 0.3) is 33.2 Å². The van der Waals surface area contributed by atoms with Gasteiger partial charge in [-0.15, -0.1) is 0 Å². The Kier molecular flexibility index (Phi) is 8.41. The molecule has 0 fully saturated rings. The molecule has 0 spiro atoms. The van der Waals surface area contributed by atoms with Gasteiger partial charge in [-0.3, -0.25) is 4.79 Å². The van der Waals surface area contributed by atoms with Crippen LogP contribution >= 0.6 is 0 Å². The molecule has 0 atom stereocenters. The SMILES string of the molecule is CC(=O)/C=C(/C)O.[CH3][Ge]([CH3])([CH3])[c]1cccc2c1oc1cc(-c3[c-]cccc3)ncc12.[Ir]. The Labute approximate surface area is 199 Å². The molecular weight excluding hydrogens is 627 g/mol. The van der Waals surface area contributed by atoms with Crippen LogP contribution in [0.15, 0.2) is 71.0 Å². The number of carbonyl (C=O) groups is 1. The van der Waals surface area contributed by atoms with Gasteiger partial charge in [0.05, 0.1) is 5.76 Å². The summed E-state index contributed by atoms with van der Waals surface area (Å²) in [7, 11) is 0. The number of para-hydroxylation sites is 1. The van der Waals surface area contributed by atoms with E-state index >= 15 is 0 Å². The molecule has 1 radical (unpaired) electrons. The average molecular weight is 653 g/mol. The summed E-state index contributed by atoms with van der Waals surface area (Å²) >= 11 is -1.98. The molecule has 2 aromatic carbocycles. The van der Waals surface area contributed by atoms with Crippen LogP contribution in [0.1, 0.15) is 13.8 Å². The minimum atomic E-state index is -1.98. The van der Waals surface area contributed by atoms with Gasteiger partial charge >= 0.3 is 138 Å². The average Bonchev–Trinajstić information content (AvgIpc) is 3.05. The third-order valence-corrected chi connectivity index (χ3v) is 8.81. The maximum Gasteiger partial charge on any atom is 0 e. The maximum absolute atomic E-state index is 10.0. The van der Waals surface area contributed by atoms with Crippen molar-refractivity contribution in [2.75, 3.05) is 0 Å². The molecule has 0 unspecified atom stereocenters. The Bertz CT molecular complexity index is 1220. The zero-order valence-corrected chi connectivity index (χ0v) is 22.8. The van der Waals surface area contributed by atoms with Crippen LogP contribution in [-0.4, -0.2) is 29.1 Å². The van der Waals surface area contributed by atoms with Crippen LogP contribution in [0.2, 0.25) is 17.3 Å². The van der Waals surface area contributed by atoms with Crippen LogP contribution in [0.4, 0.5) is 0 Å². The summed E-state index contributed by atoms with van der Waals surface area (Å²) in [5.74, 6) is 7.12. The van der Waals surface area contributed by atoms with Gasteiger partial charge < -0.3 is 5.11 Å². The van der Waals surface area contributed by atoms with E-state index < -0.39 is 13.3 Å². The molecule has 0 aliphatic carbocycles. The van der Waals surface area contributed by atoms with Crippen molar-refractivity contribution in [3.63, 3.8) is 0 Å². The van der Waals surface area contributed by atoms with Crippen LogP contribution in [0.3, 0.4) is 0 Å². The van der Waals surface area contributed by atoms with E-state index in [1.54, 1.807) is 0 Å². The second kappa shape index (κ2) is 10.4. The van der Waals surface area contributed by atoms with Gasteiger partial charge in [0, 0.05) is 26.2 Å². The number of pyridine rings is 1. The van der Waals surface area contributed by atoms with Gasteiger partial charge in [0.1, 0.15) is 0 Å². The van der Waals surface area contributed by atoms with Gasteiger partial charge in [-0.1, -0.05) is 0 Å². The van der Waals surface area contributed by atoms with Gasteiger partial charge in [0.2, 0.25) is 0 Å². The standard InChI is InChI=1S/C20H18GeNO.C5H8O2.Ir/c1-21(2,3)17-11-7-10-15-16-13-22-18(12-19(16)23-20(15)17)14-8-5-4-6-9-14;1-4(6)3-5(2)7;/h4-8,10-13H,1-3H3;3,6H,1-2H3;/q-1;;/b;4-3-;. The van der Waals surface area contributed by atoms with Crippen LogP contribution in [-0.2, 0) is 24.9 Å². The Morgan fingerprint density at radius 3 is 2.39 bits per heavy atom. The van der Waals surface area contributed by atoms with Crippen molar-refractivity contribution in [2.45, 2.75) is 31.1 Å². The Morgan fingerprint density at radius 1 is 1.10 bits per heavy atom. The van der Waals surface area contributed by atoms with E-state index in [4.69, 9.17) is 9.52 Å². The number of allylic oxidation sites excluding steroid dienone is 2. The first-order valence-corrected chi connectivity index (χ1v) is 17.2. The third kappa shape index (κ3) is 6.16. The number of furan rings is 1. The van der Waals surface area contributed by atoms with E-state index in [0.717, 1.165) is 27.8 Å². The van der Waals surface area contributed by atoms with Crippen molar-refractivity contribution in [1.29, 1.82) is 0 Å². The summed E-state index contributed by atoms with van der Waals surface area (Å²) < 4.78 is 7.67. The summed E-state index contributed by atoms with van der Waals surface area (Å²) in [4.78, 5) is 14.6. The predicted molar refractivity (Wildman–Crippen MR) is 126 cm³/mol. The zero-order valence-electron chi connectivity index (χ0n) is 18.3. The van der Waals surface area contributed by atoms with E-state index in [0.29, 0.717) is 0 Å². The van der Waals surface area contributed by atoms with Crippen molar-refractivity contribution in [1.82, 2.24) is 4.98 Å². The van der Waals surface area contributed by atoms with Gasteiger partial charge in [-0.2, -0.15) is 0 Å². The first-order valence-electron chi connectivity index (χ1n) is 9.83. The number of aromatic nitrogens is 1. The molecule has 0 amide bonds. The molecule has 2 aromatic heterocycles. The minimum Gasteiger partial charge on any atom is 0 e. The molecule has 0 bridgehead atoms. The summed E-state index contributed by atoms with van der Waals surface area (Å²) in [6.07, 6.45) is 3.09. The molecule has 0 aliphatic rings.